The number of nitrogens with two attached hydrogens (primary N) is 2. The fraction of sp³-hybridized carbons (Fsp3) is 0.143. The van der Waals surface area contributed by atoms with Gasteiger partial charge in [0.2, 0.25) is 0 Å². The van der Waals surface area contributed by atoms with E-state index < -0.39 is 0 Å². The number of benzene rings is 4. The summed E-state index contributed by atoms with van der Waals surface area (Å²) in [7, 11) is 0. The van der Waals surface area contributed by atoms with Gasteiger partial charge < -0.3 is 11.5 Å². The third-order valence-corrected chi connectivity index (χ3v) is 8.12. The SMILES string of the molecule is CCc1nc2ccccc2n1-c1ccc(-c2ccc(-c3nc4ccccc4c(N)c3[C@@H](N)C3C=CC3)cc2)cc1. The molecular weight excluding hydrogens is 490 g/mol. The van der Waals surface area contributed by atoms with E-state index in [4.69, 9.17) is 21.4 Å². The van der Waals surface area contributed by atoms with Crippen LogP contribution < -0.4 is 11.5 Å². The van der Waals surface area contributed by atoms with E-state index in [9.17, 15) is 0 Å². The number of fused-ring (bicyclic) bond motifs is 2. The van der Waals surface area contributed by atoms with Crippen LogP contribution in [0, 0.1) is 5.92 Å². The van der Waals surface area contributed by atoms with Crippen molar-refractivity contribution in [1.29, 1.82) is 0 Å². The largest absolute Gasteiger partial charge is 0.398 e. The van der Waals surface area contributed by atoms with Gasteiger partial charge in [-0.3, -0.25) is 4.57 Å². The molecule has 6 aromatic rings. The zero-order chi connectivity index (χ0) is 27.2. The first kappa shape index (κ1) is 24.3. The van der Waals surface area contributed by atoms with Crippen molar-refractivity contribution in [2.24, 2.45) is 11.7 Å². The van der Waals surface area contributed by atoms with Crippen molar-refractivity contribution in [2.75, 3.05) is 5.73 Å². The Morgan fingerprint density at radius 2 is 1.43 bits per heavy atom. The average molecular weight is 522 g/mol. The summed E-state index contributed by atoms with van der Waals surface area (Å²) in [5.41, 5.74) is 23.5. The van der Waals surface area contributed by atoms with Crippen LogP contribution in [0.4, 0.5) is 5.69 Å². The third-order valence-electron chi connectivity index (χ3n) is 8.12. The van der Waals surface area contributed by atoms with Gasteiger partial charge in [-0.25, -0.2) is 9.97 Å². The van der Waals surface area contributed by atoms with E-state index in [-0.39, 0.29) is 12.0 Å². The molecule has 0 spiro atoms. The lowest BCUT2D eigenvalue weighted by atomic mass is 9.82. The lowest BCUT2D eigenvalue weighted by molar-refractivity contribution is 0.494. The molecule has 2 aromatic heterocycles. The Balaban J connectivity index is 1.25. The molecule has 5 nitrogen and oxygen atoms in total. The fourth-order valence-corrected chi connectivity index (χ4v) is 5.81. The van der Waals surface area contributed by atoms with Gasteiger partial charge in [-0.1, -0.05) is 85.8 Å². The second-order valence-corrected chi connectivity index (χ2v) is 10.5. The Morgan fingerprint density at radius 3 is 2.10 bits per heavy atom. The van der Waals surface area contributed by atoms with Crippen molar-refractivity contribution in [2.45, 2.75) is 25.8 Å². The van der Waals surface area contributed by atoms with Gasteiger partial charge >= 0.3 is 0 Å². The second kappa shape index (κ2) is 9.78. The van der Waals surface area contributed by atoms with Gasteiger partial charge in [0.25, 0.3) is 0 Å². The van der Waals surface area contributed by atoms with E-state index in [0.717, 1.165) is 79.9 Å². The van der Waals surface area contributed by atoms with Gasteiger partial charge in [0.1, 0.15) is 5.82 Å². The number of hydrogen-bond acceptors (Lipinski definition) is 4. The summed E-state index contributed by atoms with van der Waals surface area (Å²) in [6.45, 7) is 2.15. The molecule has 1 aliphatic carbocycles. The molecule has 0 radical (unpaired) electrons. The van der Waals surface area contributed by atoms with E-state index in [2.05, 4.69) is 90.4 Å². The van der Waals surface area contributed by atoms with E-state index in [0.29, 0.717) is 0 Å². The predicted molar refractivity (Wildman–Crippen MR) is 165 cm³/mol. The maximum absolute atomic E-state index is 6.78. The van der Waals surface area contributed by atoms with Crippen molar-refractivity contribution >= 4 is 27.6 Å². The molecule has 40 heavy (non-hydrogen) atoms. The molecule has 0 aliphatic heterocycles. The fourth-order valence-electron chi connectivity index (χ4n) is 5.81. The van der Waals surface area contributed by atoms with Gasteiger partial charge in [-0.05, 0) is 53.8 Å². The molecule has 0 fully saturated rings. The first-order chi connectivity index (χ1) is 19.6. The van der Waals surface area contributed by atoms with Crippen LogP contribution in [0.2, 0.25) is 0 Å². The number of pyridine rings is 1. The molecule has 196 valence electrons. The minimum Gasteiger partial charge on any atom is -0.398 e. The first-order valence-corrected chi connectivity index (χ1v) is 13.9. The Labute approximate surface area is 233 Å². The maximum atomic E-state index is 6.78. The molecule has 1 aliphatic rings. The molecular formula is C35H31N5. The highest BCUT2D eigenvalue weighted by molar-refractivity contribution is 5.95. The molecule has 1 unspecified atom stereocenters. The molecule has 0 saturated carbocycles. The quantitative estimate of drug-likeness (QED) is 0.221. The van der Waals surface area contributed by atoms with Crippen LogP contribution in [0.5, 0.6) is 0 Å². The molecule has 5 heteroatoms. The van der Waals surface area contributed by atoms with Crippen molar-refractivity contribution in [3.63, 3.8) is 0 Å². The number of allylic oxidation sites excluding steroid dienone is 1. The van der Waals surface area contributed by atoms with Crippen LogP contribution in [0.25, 0.3) is 50.0 Å². The Hall–Kier alpha value is -4.74. The van der Waals surface area contributed by atoms with Crippen molar-refractivity contribution in [3.05, 3.63) is 121 Å². The number of nitrogen functional groups attached to an aromatic ring is 1. The number of hydrogen-bond donors (Lipinski definition) is 2. The van der Waals surface area contributed by atoms with Crippen molar-refractivity contribution in [1.82, 2.24) is 14.5 Å². The number of para-hydroxylation sites is 3. The number of imidazole rings is 1. The highest BCUT2D eigenvalue weighted by atomic mass is 15.1. The molecule has 0 amide bonds. The minimum absolute atomic E-state index is 0.198. The number of aromatic nitrogens is 3. The zero-order valence-electron chi connectivity index (χ0n) is 22.5. The maximum Gasteiger partial charge on any atom is 0.114 e. The Bertz CT molecular complexity index is 1880. The monoisotopic (exact) mass is 521 g/mol. The molecule has 4 N–H and O–H groups in total. The molecule has 2 atom stereocenters. The highest BCUT2D eigenvalue weighted by Crippen LogP contribution is 2.41. The number of nitrogens with zero attached hydrogens (tertiary/aromatic N) is 3. The van der Waals surface area contributed by atoms with Crippen LogP contribution in [0.15, 0.2) is 109 Å². The van der Waals surface area contributed by atoms with Crippen LogP contribution in [-0.2, 0) is 6.42 Å². The normalized spacial score (nSPS) is 15.4. The molecule has 2 heterocycles. The van der Waals surface area contributed by atoms with Crippen LogP contribution >= 0.6 is 0 Å². The van der Waals surface area contributed by atoms with Crippen LogP contribution in [0.3, 0.4) is 0 Å². The number of aryl methyl sites for hydroxylation is 1. The summed E-state index contributed by atoms with van der Waals surface area (Å²) < 4.78 is 2.25. The van der Waals surface area contributed by atoms with Gasteiger partial charge in [-0.2, -0.15) is 0 Å². The lowest BCUT2D eigenvalue weighted by Crippen LogP contribution is -2.25. The summed E-state index contributed by atoms with van der Waals surface area (Å²) in [4.78, 5) is 9.89. The van der Waals surface area contributed by atoms with Gasteiger partial charge in [0.05, 0.1) is 22.2 Å². The topological polar surface area (TPSA) is 82.8 Å². The Morgan fingerprint density at radius 1 is 0.800 bits per heavy atom. The number of anilines is 1. The van der Waals surface area contributed by atoms with E-state index in [1.54, 1.807) is 0 Å². The van der Waals surface area contributed by atoms with Crippen molar-refractivity contribution < 1.29 is 0 Å². The summed E-state index contributed by atoms with van der Waals surface area (Å²) in [6, 6.07) is 33.4. The third kappa shape index (κ3) is 3.98. The summed E-state index contributed by atoms with van der Waals surface area (Å²) >= 11 is 0. The summed E-state index contributed by atoms with van der Waals surface area (Å²) in [6.07, 6.45) is 6.17. The predicted octanol–water partition coefficient (Wildman–Crippen LogP) is 7.63. The molecule has 7 rings (SSSR count). The van der Waals surface area contributed by atoms with E-state index in [1.165, 1.54) is 0 Å². The Kier molecular flexibility index (Phi) is 5.94. The zero-order valence-corrected chi connectivity index (χ0v) is 22.5. The van der Waals surface area contributed by atoms with E-state index in [1.807, 2.05) is 30.3 Å². The first-order valence-electron chi connectivity index (χ1n) is 13.9. The standard InChI is InChI=1S/C35H31N5/c1-2-31-38-29-12-5-6-13-30(29)40(31)26-20-18-23(19-21-26)22-14-16-25(17-15-22)35-32(33(36)24-8-7-9-24)34(37)27-10-3-4-11-28(27)39-35/h3-8,10-21,24,33H,2,9,36H2,1H3,(H2,37,39)/t24?,33-/m0/s1. The summed E-state index contributed by atoms with van der Waals surface area (Å²) in [5.74, 6) is 1.34. The average Bonchev–Trinajstić information content (AvgIpc) is 3.35. The minimum atomic E-state index is -0.198. The lowest BCUT2D eigenvalue weighted by Gasteiger charge is -2.28. The number of rotatable bonds is 6. The van der Waals surface area contributed by atoms with E-state index >= 15 is 0 Å². The highest BCUT2D eigenvalue weighted by Gasteiger charge is 2.27. The van der Waals surface area contributed by atoms with Gasteiger partial charge in [0, 0.05) is 40.4 Å². The van der Waals surface area contributed by atoms with Gasteiger partial charge in [-0.15, -0.1) is 0 Å². The molecule has 4 aromatic carbocycles. The van der Waals surface area contributed by atoms with Crippen LogP contribution in [-0.4, -0.2) is 14.5 Å². The second-order valence-electron chi connectivity index (χ2n) is 10.5. The van der Waals surface area contributed by atoms with Crippen LogP contribution in [0.1, 0.15) is 30.8 Å². The smallest absolute Gasteiger partial charge is 0.114 e. The molecule has 0 saturated heterocycles. The molecule has 0 bridgehead atoms. The summed E-state index contributed by atoms with van der Waals surface area (Å²) in [5, 5.41) is 0.952. The van der Waals surface area contributed by atoms with Crippen molar-refractivity contribution in [3.8, 4) is 28.1 Å². The van der Waals surface area contributed by atoms with Gasteiger partial charge in [0.15, 0.2) is 0 Å².